The zero-order valence-corrected chi connectivity index (χ0v) is 19.2. The number of nitrogens with two attached hydrogens (primary N) is 1. The molecule has 0 aliphatic carbocycles. The van der Waals surface area contributed by atoms with E-state index in [1.165, 1.54) is 0 Å². The predicted octanol–water partition coefficient (Wildman–Crippen LogP) is 2.39. The number of nitrogens with one attached hydrogen (secondary N) is 1. The molecule has 1 aromatic rings. The molecule has 1 aliphatic rings. The number of carbonyl (C=O) groups excluding carboxylic acids is 1. The summed E-state index contributed by atoms with van der Waals surface area (Å²) in [5, 5.41) is 3.37. The number of ether oxygens (including phenoxy) is 2. The second kappa shape index (κ2) is 13.7. The third kappa shape index (κ3) is 8.32. The largest absolute Gasteiger partial charge is 0.385 e. The number of methoxy groups -OCH3 is 1. The number of halogens is 1. The maximum Gasteiger partial charge on any atom is 0.248 e. The average molecular weight is 504 g/mol. The van der Waals surface area contributed by atoms with Crippen molar-refractivity contribution < 1.29 is 14.3 Å². The Kier molecular flexibility index (Phi) is 12.1. The summed E-state index contributed by atoms with van der Waals surface area (Å²) < 4.78 is 11.0. The molecule has 158 valence electrons. The number of benzene rings is 1. The van der Waals surface area contributed by atoms with Gasteiger partial charge in [0.1, 0.15) is 0 Å². The molecule has 1 amide bonds. The van der Waals surface area contributed by atoms with Gasteiger partial charge >= 0.3 is 0 Å². The van der Waals surface area contributed by atoms with Crippen LogP contribution in [0.5, 0.6) is 0 Å². The van der Waals surface area contributed by atoms with Gasteiger partial charge in [0, 0.05) is 45.5 Å². The zero-order valence-electron chi connectivity index (χ0n) is 16.9. The van der Waals surface area contributed by atoms with Gasteiger partial charge in [-0.15, -0.1) is 24.0 Å². The topological polar surface area (TPSA) is 89.2 Å². The highest BCUT2D eigenvalue weighted by Crippen LogP contribution is 2.15. The molecule has 28 heavy (non-hydrogen) atoms. The summed E-state index contributed by atoms with van der Waals surface area (Å²) in [6.45, 7) is 6.83. The highest BCUT2D eigenvalue weighted by atomic mass is 127. The molecule has 1 heterocycles. The lowest BCUT2D eigenvalue weighted by Crippen LogP contribution is -2.47. The molecule has 0 aromatic heterocycles. The Morgan fingerprint density at radius 1 is 1.25 bits per heavy atom. The number of amides is 1. The minimum Gasteiger partial charge on any atom is -0.385 e. The van der Waals surface area contributed by atoms with E-state index in [2.05, 4.69) is 17.1 Å². The summed E-state index contributed by atoms with van der Waals surface area (Å²) in [7, 11) is 1.71. The van der Waals surface area contributed by atoms with Crippen LogP contribution in [0.15, 0.2) is 29.3 Å². The highest BCUT2D eigenvalue weighted by molar-refractivity contribution is 14.0. The van der Waals surface area contributed by atoms with Crippen molar-refractivity contribution in [3.63, 3.8) is 0 Å². The average Bonchev–Trinajstić information content (AvgIpc) is 2.69. The van der Waals surface area contributed by atoms with Crippen molar-refractivity contribution in [1.82, 2.24) is 10.2 Å². The van der Waals surface area contributed by atoms with Crippen LogP contribution in [0.4, 0.5) is 0 Å². The summed E-state index contributed by atoms with van der Waals surface area (Å²) >= 11 is 0. The molecule has 8 heteroatoms. The van der Waals surface area contributed by atoms with Gasteiger partial charge in [0.15, 0.2) is 5.96 Å². The van der Waals surface area contributed by atoms with Crippen molar-refractivity contribution >= 4 is 35.8 Å². The molecule has 0 unspecified atom stereocenters. The number of nitrogens with zero attached hydrogens (tertiary/aromatic N) is 2. The molecule has 3 N–H and O–H groups in total. The Labute approximate surface area is 185 Å². The van der Waals surface area contributed by atoms with E-state index in [0.717, 1.165) is 63.6 Å². The van der Waals surface area contributed by atoms with Crippen LogP contribution >= 0.6 is 24.0 Å². The number of guanidine groups is 1. The lowest BCUT2D eigenvalue weighted by atomic mass is 10.1. The monoisotopic (exact) mass is 504 g/mol. The smallest absolute Gasteiger partial charge is 0.248 e. The van der Waals surface area contributed by atoms with Crippen LogP contribution in [-0.4, -0.2) is 62.8 Å². The SMILES string of the molecule is CCNC(=NCc1ccc(C(N)=O)cc1)N1CCC(OCCCOC)CC1.I. The first kappa shape index (κ1) is 24.6. The van der Waals surface area contributed by atoms with Crippen LogP contribution in [0, 0.1) is 0 Å². The lowest BCUT2D eigenvalue weighted by Gasteiger charge is -2.34. The fraction of sp³-hybridized carbons (Fsp3) is 0.600. The van der Waals surface area contributed by atoms with E-state index in [0.29, 0.717) is 18.2 Å². The van der Waals surface area contributed by atoms with Crippen LogP contribution in [0.3, 0.4) is 0 Å². The Bertz CT molecular complexity index is 602. The van der Waals surface area contributed by atoms with E-state index < -0.39 is 5.91 Å². The number of primary amides is 1. The molecule has 0 radical (unpaired) electrons. The lowest BCUT2D eigenvalue weighted by molar-refractivity contribution is 0.00990. The van der Waals surface area contributed by atoms with Gasteiger partial charge in [0.05, 0.1) is 12.6 Å². The first-order chi connectivity index (χ1) is 13.1. The standard InChI is InChI=1S/C20H32N4O3.HI/c1-3-22-20(23-15-16-5-7-17(8-6-16)19(21)25)24-11-9-18(10-12-24)27-14-4-13-26-2;/h5-8,18H,3-4,9-15H2,1-2H3,(H2,21,25)(H,22,23);1H. The highest BCUT2D eigenvalue weighted by Gasteiger charge is 2.21. The van der Waals surface area contributed by atoms with Gasteiger partial charge in [-0.2, -0.15) is 0 Å². The molecule has 7 nitrogen and oxygen atoms in total. The summed E-state index contributed by atoms with van der Waals surface area (Å²) in [4.78, 5) is 18.2. The third-order valence-electron chi connectivity index (χ3n) is 4.57. The molecule has 1 saturated heterocycles. The Hall–Kier alpha value is -1.39. The molecule has 0 spiro atoms. The molecule has 0 atom stereocenters. The summed E-state index contributed by atoms with van der Waals surface area (Å²) in [5.41, 5.74) is 6.84. The first-order valence-electron chi connectivity index (χ1n) is 9.66. The van der Waals surface area contributed by atoms with Crippen LogP contribution in [0.25, 0.3) is 0 Å². The minimum atomic E-state index is -0.411. The van der Waals surface area contributed by atoms with Crippen molar-refractivity contribution in [2.24, 2.45) is 10.7 Å². The van der Waals surface area contributed by atoms with Gasteiger partial charge in [-0.3, -0.25) is 4.79 Å². The molecular weight excluding hydrogens is 471 g/mol. The zero-order chi connectivity index (χ0) is 19.5. The first-order valence-corrected chi connectivity index (χ1v) is 9.66. The van der Waals surface area contributed by atoms with Crippen molar-refractivity contribution in [3.8, 4) is 0 Å². The molecule has 1 aliphatic heterocycles. The van der Waals surface area contributed by atoms with Crippen molar-refractivity contribution in [1.29, 1.82) is 0 Å². The third-order valence-corrected chi connectivity index (χ3v) is 4.57. The number of rotatable bonds is 9. The maximum absolute atomic E-state index is 11.2. The maximum atomic E-state index is 11.2. The van der Waals surface area contributed by atoms with Gasteiger partial charge in [0.25, 0.3) is 0 Å². The number of hydrogen-bond acceptors (Lipinski definition) is 4. The number of piperidine rings is 1. The van der Waals surface area contributed by atoms with Gasteiger partial charge in [-0.1, -0.05) is 12.1 Å². The van der Waals surface area contributed by atoms with E-state index in [1.807, 2.05) is 12.1 Å². The van der Waals surface area contributed by atoms with Gasteiger partial charge < -0.3 is 25.4 Å². The van der Waals surface area contributed by atoms with Crippen molar-refractivity contribution in [2.75, 3.05) is 40.0 Å². The second-order valence-electron chi connectivity index (χ2n) is 6.63. The Morgan fingerprint density at radius 3 is 2.50 bits per heavy atom. The normalized spacial score (nSPS) is 15.2. The Morgan fingerprint density at radius 2 is 1.93 bits per heavy atom. The number of hydrogen-bond donors (Lipinski definition) is 2. The minimum absolute atomic E-state index is 0. The van der Waals surface area contributed by atoms with E-state index >= 15 is 0 Å². The van der Waals surface area contributed by atoms with Crippen LogP contribution in [-0.2, 0) is 16.0 Å². The van der Waals surface area contributed by atoms with E-state index in [9.17, 15) is 4.79 Å². The van der Waals surface area contributed by atoms with Crippen LogP contribution in [0.2, 0.25) is 0 Å². The van der Waals surface area contributed by atoms with Crippen LogP contribution in [0.1, 0.15) is 42.1 Å². The Balaban J connectivity index is 0.00000392. The van der Waals surface area contributed by atoms with E-state index in [1.54, 1.807) is 19.2 Å². The molecule has 0 bridgehead atoms. The number of likely N-dealkylation sites (tertiary alicyclic amines) is 1. The van der Waals surface area contributed by atoms with Gasteiger partial charge in [0.2, 0.25) is 5.91 Å². The van der Waals surface area contributed by atoms with Crippen LogP contribution < -0.4 is 11.1 Å². The summed E-state index contributed by atoms with van der Waals surface area (Å²) in [6.07, 6.45) is 3.27. The second-order valence-corrected chi connectivity index (χ2v) is 6.63. The molecule has 1 aromatic carbocycles. The van der Waals surface area contributed by atoms with E-state index in [4.69, 9.17) is 20.2 Å². The molecular formula is C20H33IN4O3. The molecule has 2 rings (SSSR count). The quantitative estimate of drug-likeness (QED) is 0.233. The van der Waals surface area contributed by atoms with Crippen molar-refractivity contribution in [2.45, 2.75) is 38.8 Å². The fourth-order valence-electron chi connectivity index (χ4n) is 3.05. The van der Waals surface area contributed by atoms with Crippen molar-refractivity contribution in [3.05, 3.63) is 35.4 Å². The van der Waals surface area contributed by atoms with Gasteiger partial charge in [-0.05, 0) is 43.9 Å². The van der Waals surface area contributed by atoms with Gasteiger partial charge in [-0.25, -0.2) is 4.99 Å². The van der Waals surface area contributed by atoms with E-state index in [-0.39, 0.29) is 24.0 Å². The predicted molar refractivity (Wildman–Crippen MR) is 122 cm³/mol. The number of carbonyl (C=O) groups is 1. The molecule has 0 saturated carbocycles. The molecule has 1 fully saturated rings. The number of aliphatic imine (C=N–C) groups is 1. The summed E-state index contributed by atoms with van der Waals surface area (Å²) in [5.74, 6) is 0.514. The fourth-order valence-corrected chi connectivity index (χ4v) is 3.05. The summed E-state index contributed by atoms with van der Waals surface area (Å²) in [6, 6.07) is 7.28.